The van der Waals surface area contributed by atoms with Gasteiger partial charge in [0.15, 0.2) is 23.1 Å². The number of aromatic nitrogens is 2. The van der Waals surface area contributed by atoms with Gasteiger partial charge in [-0.1, -0.05) is 12.1 Å². The van der Waals surface area contributed by atoms with E-state index in [1.807, 2.05) is 0 Å². The Bertz CT molecular complexity index is 1010. The molecule has 144 valence electrons. The predicted octanol–water partition coefficient (Wildman–Crippen LogP) is 4.77. The second-order valence-electron chi connectivity index (χ2n) is 5.56. The standard InChI is InChI=1S/C18H11F5N4O/c19-12-6-5-10(9-13(12)20)24-17(28)15-7-8-16(27-26-15)25-14-4-2-1-3-11(14)18(21,22)23/h1-9H,(H,24,28)(H,25,27). The van der Waals surface area contributed by atoms with Gasteiger partial charge in [-0.05, 0) is 36.4 Å². The van der Waals surface area contributed by atoms with Crippen LogP contribution >= 0.6 is 0 Å². The van der Waals surface area contributed by atoms with Crippen molar-refractivity contribution >= 4 is 23.1 Å². The Labute approximate surface area is 155 Å². The summed E-state index contributed by atoms with van der Waals surface area (Å²) in [4.78, 5) is 12.1. The minimum absolute atomic E-state index is 0.00649. The number of para-hydroxylation sites is 1. The Kier molecular flexibility index (Phi) is 5.21. The quantitative estimate of drug-likeness (QED) is 0.626. The lowest BCUT2D eigenvalue weighted by molar-refractivity contribution is -0.136. The molecular formula is C18H11F5N4O. The van der Waals surface area contributed by atoms with Gasteiger partial charge in [-0.25, -0.2) is 8.78 Å². The molecule has 0 bridgehead atoms. The van der Waals surface area contributed by atoms with Crippen molar-refractivity contribution in [3.8, 4) is 0 Å². The lowest BCUT2D eigenvalue weighted by atomic mass is 10.1. The van der Waals surface area contributed by atoms with Gasteiger partial charge in [0.2, 0.25) is 0 Å². The fourth-order valence-electron chi connectivity index (χ4n) is 2.27. The first kappa shape index (κ1) is 19.2. The van der Waals surface area contributed by atoms with E-state index >= 15 is 0 Å². The molecule has 0 aliphatic rings. The molecule has 5 nitrogen and oxygen atoms in total. The van der Waals surface area contributed by atoms with Crippen LogP contribution in [0.25, 0.3) is 0 Å². The molecule has 0 aliphatic carbocycles. The SMILES string of the molecule is O=C(Nc1ccc(F)c(F)c1)c1ccc(Nc2ccccc2C(F)(F)F)nn1. The predicted molar refractivity (Wildman–Crippen MR) is 91.1 cm³/mol. The number of rotatable bonds is 4. The number of alkyl halides is 3. The van der Waals surface area contributed by atoms with E-state index in [0.717, 1.165) is 24.3 Å². The van der Waals surface area contributed by atoms with Gasteiger partial charge >= 0.3 is 6.18 Å². The average Bonchev–Trinajstić information content (AvgIpc) is 2.65. The van der Waals surface area contributed by atoms with Crippen molar-refractivity contribution in [2.24, 2.45) is 0 Å². The van der Waals surface area contributed by atoms with Gasteiger partial charge < -0.3 is 10.6 Å². The second kappa shape index (κ2) is 7.59. The van der Waals surface area contributed by atoms with Crippen LogP contribution in [0, 0.1) is 11.6 Å². The molecule has 1 heterocycles. The number of hydrogen-bond acceptors (Lipinski definition) is 4. The first-order chi connectivity index (χ1) is 13.2. The van der Waals surface area contributed by atoms with Gasteiger partial charge in [0.05, 0.1) is 11.3 Å². The molecule has 0 radical (unpaired) electrons. The van der Waals surface area contributed by atoms with Crippen molar-refractivity contribution in [3.63, 3.8) is 0 Å². The van der Waals surface area contributed by atoms with Crippen molar-refractivity contribution in [2.45, 2.75) is 6.18 Å². The van der Waals surface area contributed by atoms with Gasteiger partial charge in [-0.3, -0.25) is 4.79 Å². The summed E-state index contributed by atoms with van der Waals surface area (Å²) in [5, 5.41) is 12.1. The van der Waals surface area contributed by atoms with Crippen molar-refractivity contribution in [3.05, 3.63) is 77.5 Å². The monoisotopic (exact) mass is 394 g/mol. The number of nitrogens with one attached hydrogen (secondary N) is 2. The molecule has 2 aromatic carbocycles. The maximum absolute atomic E-state index is 13.2. The fraction of sp³-hybridized carbons (Fsp3) is 0.0556. The van der Waals surface area contributed by atoms with E-state index in [2.05, 4.69) is 20.8 Å². The highest BCUT2D eigenvalue weighted by atomic mass is 19.4. The number of nitrogens with zero attached hydrogens (tertiary/aromatic N) is 2. The number of amides is 1. The summed E-state index contributed by atoms with van der Waals surface area (Å²) in [7, 11) is 0. The summed E-state index contributed by atoms with van der Waals surface area (Å²) in [5.74, 6) is -2.96. The molecule has 0 saturated carbocycles. The van der Waals surface area contributed by atoms with Gasteiger partial charge in [-0.2, -0.15) is 13.2 Å². The molecule has 0 aliphatic heterocycles. The molecule has 0 fully saturated rings. The van der Waals surface area contributed by atoms with Crippen LogP contribution in [-0.4, -0.2) is 16.1 Å². The first-order valence-corrected chi connectivity index (χ1v) is 7.77. The molecule has 0 saturated heterocycles. The molecule has 10 heteroatoms. The lowest BCUT2D eigenvalue weighted by Crippen LogP contribution is -2.15. The van der Waals surface area contributed by atoms with Crippen LogP contribution in [0.5, 0.6) is 0 Å². The van der Waals surface area contributed by atoms with Crippen molar-refractivity contribution in [1.29, 1.82) is 0 Å². The molecule has 0 atom stereocenters. The highest BCUT2D eigenvalue weighted by molar-refractivity contribution is 6.02. The third-order valence-electron chi connectivity index (χ3n) is 3.57. The Morgan fingerprint density at radius 3 is 2.29 bits per heavy atom. The molecule has 1 amide bonds. The van der Waals surface area contributed by atoms with Gasteiger partial charge in [0.25, 0.3) is 5.91 Å². The highest BCUT2D eigenvalue weighted by Gasteiger charge is 2.33. The highest BCUT2D eigenvalue weighted by Crippen LogP contribution is 2.35. The molecule has 1 aromatic heterocycles. The van der Waals surface area contributed by atoms with Crippen LogP contribution in [0.2, 0.25) is 0 Å². The van der Waals surface area contributed by atoms with E-state index in [0.29, 0.717) is 0 Å². The number of carbonyl (C=O) groups excluding carboxylic acids is 1. The van der Waals surface area contributed by atoms with Crippen molar-refractivity contribution in [1.82, 2.24) is 10.2 Å². The van der Waals surface area contributed by atoms with Crippen LogP contribution in [0.1, 0.15) is 16.1 Å². The molecule has 28 heavy (non-hydrogen) atoms. The Balaban J connectivity index is 1.73. The number of benzene rings is 2. The minimum Gasteiger partial charge on any atom is -0.338 e. The Hall–Kier alpha value is -3.56. The Morgan fingerprint density at radius 2 is 1.64 bits per heavy atom. The van der Waals surface area contributed by atoms with E-state index in [-0.39, 0.29) is 22.9 Å². The maximum atomic E-state index is 13.2. The van der Waals surface area contributed by atoms with Gasteiger partial charge in [0, 0.05) is 11.8 Å². The molecule has 3 rings (SSSR count). The van der Waals surface area contributed by atoms with E-state index in [4.69, 9.17) is 0 Å². The number of hydrogen-bond donors (Lipinski definition) is 2. The van der Waals surface area contributed by atoms with Crippen LogP contribution in [-0.2, 0) is 6.18 Å². The second-order valence-corrected chi connectivity index (χ2v) is 5.56. The van der Waals surface area contributed by atoms with Crippen molar-refractivity contribution < 1.29 is 26.7 Å². The largest absolute Gasteiger partial charge is 0.418 e. The maximum Gasteiger partial charge on any atom is 0.418 e. The normalized spacial score (nSPS) is 11.2. The summed E-state index contributed by atoms with van der Waals surface area (Å²) in [5.41, 5.74) is -1.26. The van der Waals surface area contributed by atoms with Crippen molar-refractivity contribution in [2.75, 3.05) is 10.6 Å². The zero-order valence-corrected chi connectivity index (χ0v) is 13.9. The lowest BCUT2D eigenvalue weighted by Gasteiger charge is -2.13. The fourth-order valence-corrected chi connectivity index (χ4v) is 2.27. The third-order valence-corrected chi connectivity index (χ3v) is 3.57. The van der Waals surface area contributed by atoms with Crippen LogP contribution in [0.4, 0.5) is 39.1 Å². The summed E-state index contributed by atoms with van der Waals surface area (Å²) in [6.45, 7) is 0. The van der Waals surface area contributed by atoms with E-state index < -0.39 is 29.3 Å². The molecule has 0 spiro atoms. The van der Waals surface area contributed by atoms with Gasteiger partial charge in [-0.15, -0.1) is 10.2 Å². The zero-order chi connectivity index (χ0) is 20.3. The van der Waals surface area contributed by atoms with E-state index in [9.17, 15) is 26.7 Å². The van der Waals surface area contributed by atoms with Crippen LogP contribution in [0.15, 0.2) is 54.6 Å². The molecule has 2 N–H and O–H groups in total. The molecule has 3 aromatic rings. The Morgan fingerprint density at radius 1 is 0.893 bits per heavy atom. The summed E-state index contributed by atoms with van der Waals surface area (Å²) >= 11 is 0. The summed E-state index contributed by atoms with van der Waals surface area (Å²) < 4.78 is 65.1. The summed E-state index contributed by atoms with van der Waals surface area (Å²) in [6, 6.07) is 10.1. The molecular weight excluding hydrogens is 383 g/mol. The number of carbonyl (C=O) groups is 1. The van der Waals surface area contributed by atoms with E-state index in [1.165, 1.54) is 30.3 Å². The topological polar surface area (TPSA) is 66.9 Å². The van der Waals surface area contributed by atoms with Gasteiger partial charge in [0.1, 0.15) is 0 Å². The summed E-state index contributed by atoms with van der Waals surface area (Å²) in [6.07, 6.45) is -4.55. The average molecular weight is 394 g/mol. The smallest absolute Gasteiger partial charge is 0.338 e. The van der Waals surface area contributed by atoms with Crippen LogP contribution in [0.3, 0.4) is 0 Å². The third kappa shape index (κ3) is 4.40. The minimum atomic E-state index is -4.55. The molecule has 0 unspecified atom stereocenters. The van der Waals surface area contributed by atoms with Crippen LogP contribution < -0.4 is 10.6 Å². The number of anilines is 3. The number of halogens is 5. The zero-order valence-electron chi connectivity index (χ0n) is 13.9. The van der Waals surface area contributed by atoms with E-state index in [1.54, 1.807) is 0 Å². The first-order valence-electron chi connectivity index (χ1n) is 7.77.